The lowest BCUT2D eigenvalue weighted by atomic mass is 10.1. The van der Waals surface area contributed by atoms with E-state index in [4.69, 9.17) is 5.73 Å². The van der Waals surface area contributed by atoms with Crippen molar-refractivity contribution >= 4 is 17.3 Å². The lowest BCUT2D eigenvalue weighted by molar-refractivity contribution is 0.0827. The van der Waals surface area contributed by atoms with Crippen LogP contribution in [0.1, 0.15) is 17.3 Å². The normalized spacial score (nSPS) is 16.2. The average molecular weight is 276 g/mol. The van der Waals surface area contributed by atoms with E-state index < -0.39 is 0 Å². The molecular formula is C15H24N4O. The number of hydrogen-bond donors (Lipinski definition) is 1. The highest BCUT2D eigenvalue weighted by atomic mass is 16.2. The third kappa shape index (κ3) is 3.04. The Balaban J connectivity index is 2.19. The third-order valence-electron chi connectivity index (χ3n) is 3.84. The molecule has 0 radical (unpaired) electrons. The van der Waals surface area contributed by atoms with E-state index in [0.29, 0.717) is 5.56 Å². The van der Waals surface area contributed by atoms with Gasteiger partial charge in [-0.3, -0.25) is 4.79 Å². The van der Waals surface area contributed by atoms with Gasteiger partial charge >= 0.3 is 0 Å². The van der Waals surface area contributed by atoms with E-state index in [1.165, 1.54) is 0 Å². The zero-order valence-electron chi connectivity index (χ0n) is 12.6. The Hall–Kier alpha value is -1.75. The predicted octanol–water partition coefficient (Wildman–Crippen LogP) is 1.11. The molecule has 1 saturated heterocycles. The molecule has 0 bridgehead atoms. The monoisotopic (exact) mass is 276 g/mol. The fraction of sp³-hybridized carbons (Fsp3) is 0.533. The summed E-state index contributed by atoms with van der Waals surface area (Å²) in [6.07, 6.45) is 0. The molecule has 0 aromatic heterocycles. The van der Waals surface area contributed by atoms with Crippen molar-refractivity contribution in [2.24, 2.45) is 0 Å². The number of benzene rings is 1. The van der Waals surface area contributed by atoms with Crippen molar-refractivity contribution in [1.82, 2.24) is 9.80 Å². The van der Waals surface area contributed by atoms with Gasteiger partial charge in [0.1, 0.15) is 0 Å². The quantitative estimate of drug-likeness (QED) is 0.840. The highest BCUT2D eigenvalue weighted by Gasteiger charge is 2.19. The fourth-order valence-electron chi connectivity index (χ4n) is 2.51. The van der Waals surface area contributed by atoms with Crippen LogP contribution in [0.5, 0.6) is 0 Å². The molecule has 1 aliphatic heterocycles. The second kappa shape index (κ2) is 6.13. The van der Waals surface area contributed by atoms with Crippen LogP contribution in [-0.4, -0.2) is 62.5 Å². The van der Waals surface area contributed by atoms with E-state index in [1.807, 2.05) is 12.1 Å². The van der Waals surface area contributed by atoms with E-state index >= 15 is 0 Å². The van der Waals surface area contributed by atoms with Gasteiger partial charge in [0, 0.05) is 45.8 Å². The van der Waals surface area contributed by atoms with E-state index in [1.54, 1.807) is 25.1 Å². The van der Waals surface area contributed by atoms with E-state index in [0.717, 1.165) is 44.1 Å². The van der Waals surface area contributed by atoms with Gasteiger partial charge in [-0.2, -0.15) is 0 Å². The minimum Gasteiger partial charge on any atom is -0.397 e. The Morgan fingerprint density at radius 1 is 1.25 bits per heavy atom. The van der Waals surface area contributed by atoms with Crippen molar-refractivity contribution in [3.8, 4) is 0 Å². The lowest BCUT2D eigenvalue weighted by Gasteiger charge is -2.36. The number of rotatable bonds is 3. The third-order valence-corrected chi connectivity index (χ3v) is 3.84. The zero-order chi connectivity index (χ0) is 14.7. The summed E-state index contributed by atoms with van der Waals surface area (Å²) < 4.78 is 0. The lowest BCUT2D eigenvalue weighted by Crippen LogP contribution is -2.46. The summed E-state index contributed by atoms with van der Waals surface area (Å²) in [5.41, 5.74) is 8.50. The SMILES string of the molecule is CCN1CCN(c2cc(C(=O)N(C)C)ccc2N)CC1. The molecule has 0 aliphatic carbocycles. The number of carbonyl (C=O) groups is 1. The minimum atomic E-state index is 0.0124. The maximum Gasteiger partial charge on any atom is 0.253 e. The molecular weight excluding hydrogens is 252 g/mol. The molecule has 1 amide bonds. The second-order valence-electron chi connectivity index (χ2n) is 5.39. The molecule has 0 saturated carbocycles. The summed E-state index contributed by atoms with van der Waals surface area (Å²) in [4.78, 5) is 18.3. The zero-order valence-corrected chi connectivity index (χ0v) is 12.6. The first-order valence-electron chi connectivity index (χ1n) is 7.11. The molecule has 0 atom stereocenters. The summed E-state index contributed by atoms with van der Waals surface area (Å²) in [5, 5.41) is 0. The molecule has 2 rings (SSSR count). The van der Waals surface area contributed by atoms with Crippen LogP contribution in [0.3, 0.4) is 0 Å². The highest BCUT2D eigenvalue weighted by Crippen LogP contribution is 2.26. The molecule has 0 spiro atoms. The Morgan fingerprint density at radius 2 is 1.90 bits per heavy atom. The molecule has 110 valence electrons. The molecule has 1 aromatic rings. The number of piperazine rings is 1. The first-order valence-corrected chi connectivity index (χ1v) is 7.11. The summed E-state index contributed by atoms with van der Waals surface area (Å²) in [5.74, 6) is 0.0124. The van der Waals surface area contributed by atoms with Gasteiger partial charge in [-0.05, 0) is 24.7 Å². The number of amides is 1. The van der Waals surface area contributed by atoms with Crippen molar-refractivity contribution in [1.29, 1.82) is 0 Å². The van der Waals surface area contributed by atoms with Crippen molar-refractivity contribution in [3.63, 3.8) is 0 Å². The first kappa shape index (κ1) is 14.7. The Kier molecular flexibility index (Phi) is 4.49. The topological polar surface area (TPSA) is 52.8 Å². The van der Waals surface area contributed by atoms with Crippen molar-refractivity contribution in [2.45, 2.75) is 6.92 Å². The molecule has 20 heavy (non-hydrogen) atoms. The summed E-state index contributed by atoms with van der Waals surface area (Å²) in [7, 11) is 3.52. The van der Waals surface area contributed by atoms with Gasteiger partial charge < -0.3 is 20.4 Å². The van der Waals surface area contributed by atoms with Gasteiger partial charge in [0.2, 0.25) is 0 Å². The van der Waals surface area contributed by atoms with Crippen LogP contribution in [0.4, 0.5) is 11.4 Å². The smallest absolute Gasteiger partial charge is 0.253 e. The number of nitrogen functional groups attached to an aromatic ring is 1. The largest absolute Gasteiger partial charge is 0.397 e. The minimum absolute atomic E-state index is 0.0124. The molecule has 1 fully saturated rings. The summed E-state index contributed by atoms with van der Waals surface area (Å²) >= 11 is 0. The standard InChI is InChI=1S/C15H24N4O/c1-4-18-7-9-19(10-8-18)14-11-12(5-6-13(14)16)15(20)17(2)3/h5-6,11H,4,7-10,16H2,1-3H3. The second-order valence-corrected chi connectivity index (χ2v) is 5.39. The maximum absolute atomic E-state index is 12.0. The van der Waals surface area contributed by atoms with Gasteiger partial charge in [-0.15, -0.1) is 0 Å². The molecule has 0 unspecified atom stereocenters. The van der Waals surface area contributed by atoms with Crippen LogP contribution in [0.15, 0.2) is 18.2 Å². The molecule has 5 nitrogen and oxygen atoms in total. The first-order chi connectivity index (χ1) is 9.52. The van der Waals surface area contributed by atoms with Crippen LogP contribution in [0.25, 0.3) is 0 Å². The van der Waals surface area contributed by atoms with E-state index in [-0.39, 0.29) is 5.91 Å². The summed E-state index contributed by atoms with van der Waals surface area (Å²) in [6.45, 7) is 7.27. The van der Waals surface area contributed by atoms with Crippen LogP contribution >= 0.6 is 0 Å². The number of nitrogens with zero attached hydrogens (tertiary/aromatic N) is 3. The van der Waals surface area contributed by atoms with Crippen molar-refractivity contribution in [3.05, 3.63) is 23.8 Å². The number of anilines is 2. The number of hydrogen-bond acceptors (Lipinski definition) is 4. The Morgan fingerprint density at radius 3 is 2.45 bits per heavy atom. The number of carbonyl (C=O) groups excluding carboxylic acids is 1. The molecule has 5 heteroatoms. The van der Waals surface area contributed by atoms with Gasteiger partial charge in [0.05, 0.1) is 11.4 Å². The highest BCUT2D eigenvalue weighted by molar-refractivity contribution is 5.96. The van der Waals surface area contributed by atoms with Crippen molar-refractivity contribution in [2.75, 3.05) is 57.5 Å². The van der Waals surface area contributed by atoms with Crippen LogP contribution in [-0.2, 0) is 0 Å². The Labute approximate surface area is 120 Å². The van der Waals surface area contributed by atoms with Crippen LogP contribution < -0.4 is 10.6 Å². The van der Waals surface area contributed by atoms with Crippen LogP contribution in [0, 0.1) is 0 Å². The van der Waals surface area contributed by atoms with Gasteiger partial charge in [-0.1, -0.05) is 6.92 Å². The molecule has 2 N–H and O–H groups in total. The van der Waals surface area contributed by atoms with Gasteiger partial charge in [-0.25, -0.2) is 0 Å². The van der Waals surface area contributed by atoms with E-state index in [2.05, 4.69) is 16.7 Å². The van der Waals surface area contributed by atoms with Crippen LogP contribution in [0.2, 0.25) is 0 Å². The number of nitrogens with two attached hydrogens (primary N) is 1. The van der Waals surface area contributed by atoms with Gasteiger partial charge in [0.25, 0.3) is 5.91 Å². The van der Waals surface area contributed by atoms with Gasteiger partial charge in [0.15, 0.2) is 0 Å². The molecule has 1 aromatic carbocycles. The molecule has 1 aliphatic rings. The molecule has 1 heterocycles. The Bertz CT molecular complexity index is 479. The predicted molar refractivity (Wildman–Crippen MR) is 83.2 cm³/mol. The average Bonchev–Trinajstić information content (AvgIpc) is 2.47. The maximum atomic E-state index is 12.0. The van der Waals surface area contributed by atoms with E-state index in [9.17, 15) is 4.79 Å². The number of likely N-dealkylation sites (N-methyl/N-ethyl adjacent to an activating group) is 1. The van der Waals surface area contributed by atoms with Crippen molar-refractivity contribution < 1.29 is 4.79 Å². The summed E-state index contributed by atoms with van der Waals surface area (Å²) in [6, 6.07) is 5.54. The fourth-order valence-corrected chi connectivity index (χ4v) is 2.51.